The Labute approximate surface area is 157 Å². The van der Waals surface area contributed by atoms with Crippen LogP contribution in [0, 0.1) is 6.92 Å². The van der Waals surface area contributed by atoms with Crippen molar-refractivity contribution in [2.45, 2.75) is 25.8 Å². The highest BCUT2D eigenvalue weighted by Gasteiger charge is 2.26. The third-order valence-corrected chi connectivity index (χ3v) is 5.21. The van der Waals surface area contributed by atoms with Gasteiger partial charge in [-0.3, -0.25) is 0 Å². The van der Waals surface area contributed by atoms with E-state index < -0.39 is 0 Å². The molecule has 5 nitrogen and oxygen atoms in total. The van der Waals surface area contributed by atoms with Crippen molar-refractivity contribution < 1.29 is 9.15 Å². The lowest BCUT2D eigenvalue weighted by atomic mass is 9.99. The molecule has 136 valence electrons. The molecular formula is C22H21N3O2. The number of hydrogen-bond donors (Lipinski definition) is 0. The zero-order chi connectivity index (χ0) is 18.2. The van der Waals surface area contributed by atoms with Crippen LogP contribution in [-0.2, 0) is 11.3 Å². The van der Waals surface area contributed by atoms with Gasteiger partial charge in [0.2, 0.25) is 5.89 Å². The van der Waals surface area contributed by atoms with E-state index in [1.54, 1.807) is 0 Å². The predicted molar refractivity (Wildman–Crippen MR) is 104 cm³/mol. The first kappa shape index (κ1) is 16.3. The van der Waals surface area contributed by atoms with Gasteiger partial charge in [0.15, 0.2) is 5.58 Å². The fraction of sp³-hybridized carbons (Fsp3) is 0.273. The molecule has 1 aliphatic heterocycles. The van der Waals surface area contributed by atoms with E-state index in [4.69, 9.17) is 19.1 Å². The number of nitrogens with zero attached hydrogens (tertiary/aromatic N) is 3. The number of aryl methyl sites for hydroxylation is 1. The van der Waals surface area contributed by atoms with E-state index >= 15 is 0 Å². The number of ether oxygens (including phenoxy) is 1. The molecule has 2 aromatic carbocycles. The maximum Gasteiger partial charge on any atom is 0.215 e. The smallest absolute Gasteiger partial charge is 0.215 e. The van der Waals surface area contributed by atoms with Gasteiger partial charge in [-0.15, -0.1) is 0 Å². The Kier molecular flexibility index (Phi) is 4.02. The second kappa shape index (κ2) is 6.67. The van der Waals surface area contributed by atoms with Crippen LogP contribution in [0.1, 0.15) is 29.5 Å². The molecule has 0 aliphatic carbocycles. The monoisotopic (exact) mass is 359 g/mol. The summed E-state index contributed by atoms with van der Waals surface area (Å²) in [6.07, 6.45) is 2.91. The normalized spacial score (nSPS) is 17.0. The number of fused-ring (bicyclic) bond motifs is 1. The van der Waals surface area contributed by atoms with Crippen LogP contribution in [0.3, 0.4) is 0 Å². The van der Waals surface area contributed by atoms with E-state index in [1.807, 2.05) is 36.7 Å². The summed E-state index contributed by atoms with van der Waals surface area (Å²) in [5.74, 6) is 1.05. The summed E-state index contributed by atoms with van der Waals surface area (Å²) >= 11 is 0. The molecule has 0 unspecified atom stereocenters. The van der Waals surface area contributed by atoms with Crippen molar-refractivity contribution in [3.8, 4) is 11.3 Å². The molecule has 0 amide bonds. The Morgan fingerprint density at radius 2 is 2.00 bits per heavy atom. The summed E-state index contributed by atoms with van der Waals surface area (Å²) in [6.45, 7) is 4.16. The van der Waals surface area contributed by atoms with Gasteiger partial charge in [0.05, 0.1) is 24.3 Å². The van der Waals surface area contributed by atoms with Crippen molar-refractivity contribution >= 4 is 11.1 Å². The van der Waals surface area contributed by atoms with E-state index in [9.17, 15) is 0 Å². The van der Waals surface area contributed by atoms with Gasteiger partial charge < -0.3 is 13.7 Å². The first-order valence-electron chi connectivity index (χ1n) is 9.33. The van der Waals surface area contributed by atoms with Crippen molar-refractivity contribution in [2.24, 2.45) is 0 Å². The molecule has 0 bridgehead atoms. The van der Waals surface area contributed by atoms with Crippen molar-refractivity contribution in [3.05, 3.63) is 72.0 Å². The molecule has 0 saturated carbocycles. The number of imidazole rings is 1. The minimum atomic E-state index is 0.342. The van der Waals surface area contributed by atoms with Gasteiger partial charge in [0, 0.05) is 18.1 Å². The Morgan fingerprint density at radius 1 is 1.11 bits per heavy atom. The largest absolute Gasteiger partial charge is 0.439 e. The summed E-state index contributed by atoms with van der Waals surface area (Å²) < 4.78 is 13.8. The maximum atomic E-state index is 5.99. The van der Waals surface area contributed by atoms with Crippen LogP contribution in [0.5, 0.6) is 0 Å². The summed E-state index contributed by atoms with van der Waals surface area (Å²) in [5.41, 5.74) is 6.26. The van der Waals surface area contributed by atoms with E-state index in [0.29, 0.717) is 18.4 Å². The molecule has 3 heterocycles. The van der Waals surface area contributed by atoms with Gasteiger partial charge >= 0.3 is 0 Å². The van der Waals surface area contributed by atoms with Gasteiger partial charge in [-0.05, 0) is 25.0 Å². The number of rotatable bonds is 4. The van der Waals surface area contributed by atoms with Crippen LogP contribution >= 0.6 is 0 Å². The molecule has 1 fully saturated rings. The van der Waals surface area contributed by atoms with Gasteiger partial charge in [-0.25, -0.2) is 9.97 Å². The van der Waals surface area contributed by atoms with Crippen molar-refractivity contribution in [1.29, 1.82) is 0 Å². The third kappa shape index (κ3) is 2.94. The van der Waals surface area contributed by atoms with Crippen molar-refractivity contribution in [2.75, 3.05) is 13.2 Å². The molecule has 5 rings (SSSR count). The molecule has 2 aromatic heterocycles. The van der Waals surface area contributed by atoms with Crippen molar-refractivity contribution in [1.82, 2.24) is 14.5 Å². The fourth-order valence-electron chi connectivity index (χ4n) is 3.86. The lowest BCUT2D eigenvalue weighted by Crippen LogP contribution is -2.10. The highest BCUT2D eigenvalue weighted by molar-refractivity contribution is 5.76. The zero-order valence-corrected chi connectivity index (χ0v) is 15.3. The molecule has 1 saturated heterocycles. The number of benzene rings is 2. The quantitative estimate of drug-likeness (QED) is 0.536. The molecule has 1 aliphatic rings. The van der Waals surface area contributed by atoms with Crippen LogP contribution < -0.4 is 0 Å². The number of oxazole rings is 1. The number of hydrogen-bond acceptors (Lipinski definition) is 4. The molecule has 0 N–H and O–H groups in total. The SMILES string of the molecule is Cc1cccc2oc(Cn3cnc(-c4ccccc4)c3[C@H]3CCOC3)nc12. The Bertz CT molecular complexity index is 1080. The topological polar surface area (TPSA) is 53.1 Å². The van der Waals surface area contributed by atoms with E-state index in [2.05, 4.69) is 29.7 Å². The molecule has 0 radical (unpaired) electrons. The standard InChI is InChI=1S/C22H21N3O2/c1-15-6-5-9-18-20(15)24-19(27-18)12-25-14-23-21(16-7-3-2-4-8-16)22(25)17-10-11-26-13-17/h2-9,14,17H,10-13H2,1H3/t17-/m0/s1. The van der Waals surface area contributed by atoms with E-state index in [1.165, 1.54) is 5.69 Å². The van der Waals surface area contributed by atoms with Gasteiger partial charge in [-0.1, -0.05) is 42.5 Å². The number of aromatic nitrogens is 3. The molecule has 1 atom stereocenters. The van der Waals surface area contributed by atoms with Crippen LogP contribution in [0.4, 0.5) is 0 Å². The first-order chi connectivity index (χ1) is 13.3. The van der Waals surface area contributed by atoms with E-state index in [-0.39, 0.29) is 0 Å². The highest BCUT2D eigenvalue weighted by Crippen LogP contribution is 2.33. The third-order valence-electron chi connectivity index (χ3n) is 5.21. The van der Waals surface area contributed by atoms with Crippen LogP contribution in [0.15, 0.2) is 59.3 Å². The molecular weight excluding hydrogens is 338 g/mol. The molecule has 0 spiro atoms. The Balaban J connectivity index is 1.57. The summed E-state index contributed by atoms with van der Waals surface area (Å²) in [6, 6.07) is 16.4. The molecule has 27 heavy (non-hydrogen) atoms. The Hall–Kier alpha value is -2.92. The first-order valence-corrected chi connectivity index (χ1v) is 9.33. The summed E-state index contributed by atoms with van der Waals surface area (Å²) in [4.78, 5) is 9.45. The fourth-order valence-corrected chi connectivity index (χ4v) is 3.86. The lowest BCUT2D eigenvalue weighted by Gasteiger charge is -2.14. The van der Waals surface area contributed by atoms with E-state index in [0.717, 1.165) is 47.6 Å². The van der Waals surface area contributed by atoms with Gasteiger partial charge in [0.1, 0.15) is 12.1 Å². The average Bonchev–Trinajstić information content (AvgIpc) is 3.42. The lowest BCUT2D eigenvalue weighted by molar-refractivity contribution is 0.193. The van der Waals surface area contributed by atoms with Crippen LogP contribution in [-0.4, -0.2) is 27.7 Å². The minimum absolute atomic E-state index is 0.342. The zero-order valence-electron chi connectivity index (χ0n) is 15.3. The average molecular weight is 359 g/mol. The van der Waals surface area contributed by atoms with Crippen LogP contribution in [0.2, 0.25) is 0 Å². The molecule has 4 aromatic rings. The second-order valence-electron chi connectivity index (χ2n) is 7.06. The minimum Gasteiger partial charge on any atom is -0.439 e. The van der Waals surface area contributed by atoms with Crippen LogP contribution in [0.25, 0.3) is 22.4 Å². The molecule has 5 heteroatoms. The predicted octanol–water partition coefficient (Wildman–Crippen LogP) is 4.55. The summed E-state index contributed by atoms with van der Waals surface area (Å²) in [7, 11) is 0. The van der Waals surface area contributed by atoms with Crippen molar-refractivity contribution in [3.63, 3.8) is 0 Å². The Morgan fingerprint density at radius 3 is 2.78 bits per heavy atom. The van der Waals surface area contributed by atoms with Gasteiger partial charge in [-0.2, -0.15) is 0 Å². The second-order valence-corrected chi connectivity index (χ2v) is 7.06. The maximum absolute atomic E-state index is 5.99. The summed E-state index contributed by atoms with van der Waals surface area (Å²) in [5, 5.41) is 0. The highest BCUT2D eigenvalue weighted by atomic mass is 16.5. The number of para-hydroxylation sites is 1. The van der Waals surface area contributed by atoms with Gasteiger partial charge in [0.25, 0.3) is 0 Å².